The molecule has 5 atom stereocenters. The molecule has 0 saturated carbocycles. The maximum absolute atomic E-state index is 9.63. The molecule has 0 aliphatic carbocycles. The molecular weight excluding hydrogens is 678 g/mol. The van der Waals surface area contributed by atoms with Gasteiger partial charge in [0.25, 0.3) is 0 Å². The Morgan fingerprint density at radius 1 is 0.857 bits per heavy atom. The van der Waals surface area contributed by atoms with E-state index in [1.165, 1.54) is 0 Å². The Morgan fingerprint density at radius 3 is 2.11 bits per heavy atom. The van der Waals surface area contributed by atoms with Crippen LogP contribution in [0.3, 0.4) is 0 Å². The Hall–Kier alpha value is -1.16. The van der Waals surface area contributed by atoms with E-state index in [-0.39, 0.29) is 24.4 Å². The van der Waals surface area contributed by atoms with Crippen molar-refractivity contribution in [3.05, 3.63) is 31.7 Å². The summed E-state index contributed by atoms with van der Waals surface area (Å²) < 4.78 is 25.3. The van der Waals surface area contributed by atoms with Gasteiger partial charge in [0.2, 0.25) is 0 Å². The van der Waals surface area contributed by atoms with E-state index >= 15 is 0 Å². The van der Waals surface area contributed by atoms with Crippen molar-refractivity contribution in [2.24, 2.45) is 0 Å². The number of nitrogens with zero attached hydrogens (tertiary/aromatic N) is 4. The van der Waals surface area contributed by atoms with Crippen molar-refractivity contribution in [3.8, 4) is 11.5 Å². The first-order chi connectivity index (χ1) is 17.1. The van der Waals surface area contributed by atoms with Crippen molar-refractivity contribution in [1.82, 2.24) is 9.97 Å². The van der Waals surface area contributed by atoms with Crippen LogP contribution in [0.25, 0.3) is 0 Å². The molecule has 0 unspecified atom stereocenters. The number of anilines is 2. The van der Waals surface area contributed by atoms with Crippen LogP contribution in [0.2, 0.25) is 0 Å². The predicted molar refractivity (Wildman–Crippen MR) is 147 cm³/mol. The lowest BCUT2D eigenvalue weighted by Gasteiger charge is -2.32. The molecule has 2 aromatic rings. The molecule has 9 nitrogen and oxygen atoms in total. The predicted octanol–water partition coefficient (Wildman–Crippen LogP) is 2.85. The van der Waals surface area contributed by atoms with Gasteiger partial charge < -0.3 is 33.9 Å². The monoisotopic (exact) mass is 706 g/mol. The van der Waals surface area contributed by atoms with Crippen molar-refractivity contribution in [2.75, 3.05) is 49.3 Å². The van der Waals surface area contributed by atoms with Gasteiger partial charge >= 0.3 is 0 Å². The Balaban J connectivity index is 0.000000136. The van der Waals surface area contributed by atoms with Gasteiger partial charge in [0, 0.05) is 32.1 Å². The minimum atomic E-state index is -0.246. The molecule has 0 spiro atoms. The number of aliphatic hydroxyl groups is 1. The fourth-order valence-corrected chi connectivity index (χ4v) is 6.57. The van der Waals surface area contributed by atoms with Crippen molar-refractivity contribution in [2.45, 2.75) is 49.7 Å². The fourth-order valence-electron chi connectivity index (χ4n) is 5.46. The number of aliphatic hydroxyl groups excluding tert-OH is 1. The summed E-state index contributed by atoms with van der Waals surface area (Å²) in [5.41, 5.74) is 0. The molecule has 5 aliphatic rings. The van der Waals surface area contributed by atoms with Crippen LogP contribution < -0.4 is 19.3 Å². The van der Waals surface area contributed by atoms with Crippen LogP contribution in [-0.2, 0) is 9.47 Å². The number of aromatic nitrogens is 2. The minimum Gasteiger partial charge on any atom is -0.486 e. The third kappa shape index (κ3) is 4.90. The van der Waals surface area contributed by atoms with E-state index in [0.29, 0.717) is 19.2 Å². The number of halogens is 2. The van der Waals surface area contributed by atoms with Gasteiger partial charge in [0.15, 0.2) is 23.1 Å². The maximum atomic E-state index is 9.63. The highest BCUT2D eigenvalue weighted by atomic mass is 127. The molecule has 7 heterocycles. The largest absolute Gasteiger partial charge is 0.486 e. The number of hydrogen-bond acceptors (Lipinski definition) is 9. The van der Waals surface area contributed by atoms with Gasteiger partial charge in [-0.05, 0) is 76.6 Å². The van der Waals surface area contributed by atoms with Crippen molar-refractivity contribution < 1.29 is 24.1 Å². The summed E-state index contributed by atoms with van der Waals surface area (Å²) in [6.45, 7) is 4.54. The Morgan fingerprint density at radius 2 is 1.49 bits per heavy atom. The maximum Gasteiger partial charge on any atom is 0.175 e. The summed E-state index contributed by atoms with van der Waals surface area (Å²) in [5, 5.41) is 9.63. The zero-order chi connectivity index (χ0) is 23.9. The number of pyridine rings is 2. The van der Waals surface area contributed by atoms with Gasteiger partial charge in [0.1, 0.15) is 13.2 Å². The van der Waals surface area contributed by atoms with Crippen molar-refractivity contribution >= 4 is 56.8 Å². The number of hydrogen-bond donors (Lipinski definition) is 1. The third-order valence-electron chi connectivity index (χ3n) is 7.10. The first-order valence-corrected chi connectivity index (χ1v) is 14.2. The molecule has 1 N–H and O–H groups in total. The highest BCUT2D eigenvalue weighted by molar-refractivity contribution is 14.1. The first kappa shape index (κ1) is 24.2. The summed E-state index contributed by atoms with van der Waals surface area (Å²) in [7, 11) is 0. The minimum absolute atomic E-state index is 0.246. The van der Waals surface area contributed by atoms with Crippen LogP contribution in [0.4, 0.5) is 11.6 Å². The van der Waals surface area contributed by atoms with Gasteiger partial charge in [0.05, 0.1) is 44.1 Å². The summed E-state index contributed by atoms with van der Waals surface area (Å²) in [5.74, 6) is 3.65. The Labute approximate surface area is 231 Å². The molecule has 0 bridgehead atoms. The van der Waals surface area contributed by atoms with E-state index in [0.717, 1.165) is 75.9 Å². The third-order valence-corrected chi connectivity index (χ3v) is 8.80. The Kier molecular flexibility index (Phi) is 7.12. The molecule has 3 fully saturated rings. The van der Waals surface area contributed by atoms with E-state index in [2.05, 4.69) is 64.9 Å². The topological polar surface area (TPSA) is 89.4 Å². The second-order valence-electron chi connectivity index (χ2n) is 9.49. The van der Waals surface area contributed by atoms with Gasteiger partial charge in [-0.3, -0.25) is 0 Å². The van der Waals surface area contributed by atoms with Gasteiger partial charge in [-0.1, -0.05) is 0 Å². The van der Waals surface area contributed by atoms with E-state index in [1.54, 1.807) is 6.20 Å². The van der Waals surface area contributed by atoms with Gasteiger partial charge in [-0.15, -0.1) is 0 Å². The van der Waals surface area contributed by atoms with Crippen LogP contribution in [0.15, 0.2) is 24.5 Å². The second kappa shape index (κ2) is 10.3. The van der Waals surface area contributed by atoms with E-state index in [1.807, 2.05) is 18.3 Å². The first-order valence-electron chi connectivity index (χ1n) is 12.1. The van der Waals surface area contributed by atoms with E-state index in [9.17, 15) is 5.11 Å². The van der Waals surface area contributed by atoms with Crippen LogP contribution in [0.1, 0.15) is 19.3 Å². The van der Waals surface area contributed by atoms with Gasteiger partial charge in [-0.25, -0.2) is 9.97 Å². The van der Waals surface area contributed by atoms with Crippen LogP contribution >= 0.6 is 45.2 Å². The molecule has 5 aliphatic heterocycles. The molecule has 0 aromatic carbocycles. The Bertz CT molecular complexity index is 1070. The molecule has 0 radical (unpaired) electrons. The molecule has 3 saturated heterocycles. The van der Waals surface area contributed by atoms with Crippen molar-refractivity contribution in [1.29, 1.82) is 0 Å². The molecule has 188 valence electrons. The average Bonchev–Trinajstić information content (AvgIpc) is 3.59. The van der Waals surface area contributed by atoms with E-state index < -0.39 is 0 Å². The lowest BCUT2D eigenvalue weighted by atomic mass is 10.2. The van der Waals surface area contributed by atoms with Crippen LogP contribution in [0, 0.1) is 7.14 Å². The molecule has 11 heteroatoms. The summed E-state index contributed by atoms with van der Waals surface area (Å²) >= 11 is 4.55. The molecule has 7 rings (SSSR count). The lowest BCUT2D eigenvalue weighted by Crippen LogP contribution is -2.39. The number of rotatable bonds is 2. The average molecular weight is 706 g/mol. The smallest absolute Gasteiger partial charge is 0.175 e. The summed E-state index contributed by atoms with van der Waals surface area (Å²) in [4.78, 5) is 13.4. The van der Waals surface area contributed by atoms with E-state index in [4.69, 9.17) is 18.9 Å². The molecular formula is C24H28I2N4O5. The lowest BCUT2D eigenvalue weighted by molar-refractivity contribution is -0.00632. The standard InChI is InChI=1S/C14H17IN2O3.C10H11IN2O2/c15-12-1-3-16-14-13(12)19-7-9-5-11(6-17(9)14)20-10-2-4-18-8-10;11-8-1-2-12-10-9(8)15-5-6-3-7(14)4-13(6)10/h1,3,9-11H,2,4-8H2;1-2,6-7,14H,3-5H2/t9-,10-,11-;6-,7-/m00/s1. The fraction of sp³-hybridized carbons (Fsp3) is 0.583. The SMILES string of the molecule is Ic1ccnc2c1OC[C@@H]1C[C@H](O[C@H]3CCOC3)CN21.O[C@H]1C[C@H]2COc3c(I)ccnc3N2C1. The molecule has 35 heavy (non-hydrogen) atoms. The summed E-state index contributed by atoms with van der Waals surface area (Å²) in [6.07, 6.45) is 6.75. The van der Waals surface area contributed by atoms with Crippen LogP contribution in [0.5, 0.6) is 11.5 Å². The number of fused-ring (bicyclic) bond motifs is 6. The zero-order valence-electron chi connectivity index (χ0n) is 19.2. The van der Waals surface area contributed by atoms with Gasteiger partial charge in [-0.2, -0.15) is 0 Å². The second-order valence-corrected chi connectivity index (χ2v) is 11.8. The molecule has 0 amide bonds. The normalized spacial score (nSPS) is 30.3. The highest BCUT2D eigenvalue weighted by Crippen LogP contribution is 2.40. The molecule has 2 aromatic heterocycles. The van der Waals surface area contributed by atoms with Crippen LogP contribution in [-0.4, -0.2) is 85.0 Å². The zero-order valence-corrected chi connectivity index (χ0v) is 23.5. The van der Waals surface area contributed by atoms with Crippen molar-refractivity contribution in [3.63, 3.8) is 0 Å². The highest BCUT2D eigenvalue weighted by Gasteiger charge is 2.40. The number of ether oxygens (including phenoxy) is 4. The summed E-state index contributed by atoms with van der Waals surface area (Å²) in [6, 6.07) is 4.60. The quantitative estimate of drug-likeness (QED) is 0.474.